The van der Waals surface area contributed by atoms with Gasteiger partial charge in [-0.15, -0.1) is 0 Å². The van der Waals surface area contributed by atoms with Crippen LogP contribution in [0.3, 0.4) is 0 Å². The van der Waals surface area contributed by atoms with Gasteiger partial charge in [0.25, 0.3) is 5.91 Å². The van der Waals surface area contributed by atoms with Crippen molar-refractivity contribution in [3.05, 3.63) is 95.1 Å². The monoisotopic (exact) mass is 808 g/mol. The molecule has 7 heterocycles. The lowest BCUT2D eigenvalue weighted by Gasteiger charge is -2.45. The molecule has 60 heavy (non-hydrogen) atoms. The van der Waals surface area contributed by atoms with Crippen molar-refractivity contribution in [2.75, 3.05) is 73.6 Å². The lowest BCUT2D eigenvalue weighted by Crippen LogP contribution is -2.58. The first-order chi connectivity index (χ1) is 29.1. The highest BCUT2D eigenvalue weighted by atomic mass is 16.2. The largest absolute Gasteiger partial charge is 0.369 e. The lowest BCUT2D eigenvalue weighted by molar-refractivity contribution is -0.137. The average molecular weight is 809 g/mol. The first kappa shape index (κ1) is 39.4. The second-order valence-electron chi connectivity index (χ2n) is 17.2. The normalized spacial score (nSPS) is 22.9. The van der Waals surface area contributed by atoms with Gasteiger partial charge in [0, 0.05) is 119 Å². The number of imide groups is 1. The standard InChI is InChI=1S/C46H52N10O4/c1-30-27-55(31(2)26-54(30)39-10-9-38(47-3)44-37(39)5-4-16-48-44)43(58)23-33-6-12-41(49-25-33)53-17-14-32(15-18-53)28-51-19-21-52(22-20-51)35-7-8-36-34(24-35)29-56(46(36)60)40-11-13-42(57)50-45(40)59/h4-10,12,16,24-25,30-32,40H,11,13-15,17-23,26-29H2,1-2H3,(H,50,57,59)/t30-,31+,40-/m0/s1. The SMILES string of the molecule is [C-]#[N+]c1ccc(N2C[C@@H](C)N(C(=O)Cc3ccc(N4CCC(CN5CCN(c6ccc7c(c6)CN([C@H]6CCC(=O)NC6=O)C7=O)CC5)CC4)nc3)C[C@@H]2C)c2cccnc12. The molecule has 3 atom stereocenters. The summed E-state index contributed by atoms with van der Waals surface area (Å²) in [5.74, 6) is 0.918. The summed E-state index contributed by atoms with van der Waals surface area (Å²) in [6.07, 6.45) is 6.77. The van der Waals surface area contributed by atoms with Gasteiger partial charge in [0.05, 0.1) is 18.5 Å². The number of piperazine rings is 2. The van der Waals surface area contributed by atoms with E-state index >= 15 is 0 Å². The quantitative estimate of drug-likeness (QED) is 0.199. The van der Waals surface area contributed by atoms with Crippen LogP contribution in [0.4, 0.5) is 22.9 Å². The molecule has 0 saturated carbocycles. The molecule has 4 amide bonds. The van der Waals surface area contributed by atoms with Crippen LogP contribution in [0.5, 0.6) is 0 Å². The molecular weight excluding hydrogens is 757 g/mol. The molecule has 1 N–H and O–H groups in total. The highest BCUT2D eigenvalue weighted by Crippen LogP contribution is 2.36. The number of piperidine rings is 2. The van der Waals surface area contributed by atoms with Gasteiger partial charge in [-0.1, -0.05) is 18.2 Å². The van der Waals surface area contributed by atoms with Gasteiger partial charge in [0.1, 0.15) is 11.9 Å². The van der Waals surface area contributed by atoms with E-state index in [0.29, 0.717) is 55.2 Å². The second-order valence-corrected chi connectivity index (χ2v) is 17.2. The van der Waals surface area contributed by atoms with Gasteiger partial charge in [-0.3, -0.25) is 34.4 Å². The van der Waals surface area contributed by atoms with E-state index in [2.05, 4.69) is 66.8 Å². The first-order valence-corrected chi connectivity index (χ1v) is 21.4. The maximum absolute atomic E-state index is 13.7. The van der Waals surface area contributed by atoms with Crippen molar-refractivity contribution in [2.24, 2.45) is 5.92 Å². The fraction of sp³-hybridized carbons (Fsp3) is 0.457. The maximum Gasteiger partial charge on any atom is 0.255 e. The molecule has 2 aromatic heterocycles. The summed E-state index contributed by atoms with van der Waals surface area (Å²) in [6.45, 7) is 20.4. The number of nitrogens with zero attached hydrogens (tertiary/aromatic N) is 9. The number of aromatic nitrogens is 2. The Morgan fingerprint density at radius 3 is 2.43 bits per heavy atom. The Morgan fingerprint density at radius 1 is 0.867 bits per heavy atom. The smallest absolute Gasteiger partial charge is 0.255 e. The Bertz CT molecular complexity index is 2350. The van der Waals surface area contributed by atoms with E-state index in [-0.39, 0.29) is 42.1 Å². The number of benzene rings is 2. The molecule has 4 saturated heterocycles. The summed E-state index contributed by atoms with van der Waals surface area (Å²) in [5, 5.41) is 3.34. The Hall–Kier alpha value is -6.07. The van der Waals surface area contributed by atoms with E-state index in [4.69, 9.17) is 11.6 Å². The van der Waals surface area contributed by atoms with Crippen molar-refractivity contribution in [2.45, 2.75) is 70.6 Å². The Morgan fingerprint density at radius 2 is 1.68 bits per heavy atom. The van der Waals surface area contributed by atoms with Gasteiger partial charge in [0.2, 0.25) is 23.4 Å². The third kappa shape index (κ3) is 7.74. The molecule has 310 valence electrons. The van der Waals surface area contributed by atoms with Gasteiger partial charge in [-0.05, 0) is 86.6 Å². The predicted molar refractivity (Wildman–Crippen MR) is 230 cm³/mol. The van der Waals surface area contributed by atoms with Gasteiger partial charge in [-0.25, -0.2) is 9.83 Å². The summed E-state index contributed by atoms with van der Waals surface area (Å²) < 4.78 is 0. The molecule has 14 heteroatoms. The van der Waals surface area contributed by atoms with Crippen LogP contribution < -0.4 is 20.0 Å². The summed E-state index contributed by atoms with van der Waals surface area (Å²) in [4.78, 5) is 77.2. The van der Waals surface area contributed by atoms with E-state index < -0.39 is 6.04 Å². The Balaban J connectivity index is 0.722. The maximum atomic E-state index is 13.7. The third-order valence-electron chi connectivity index (χ3n) is 13.3. The molecule has 0 spiro atoms. The number of fused-ring (bicyclic) bond motifs is 2. The number of carbonyl (C=O) groups excluding carboxylic acids is 4. The van der Waals surface area contributed by atoms with Crippen molar-refractivity contribution < 1.29 is 19.2 Å². The highest BCUT2D eigenvalue weighted by molar-refractivity contribution is 6.05. The molecule has 0 aliphatic carbocycles. The molecule has 9 rings (SSSR count). The Labute approximate surface area is 350 Å². The number of pyridine rings is 2. The van der Waals surface area contributed by atoms with Gasteiger partial charge in [0.15, 0.2) is 0 Å². The molecule has 4 fully saturated rings. The fourth-order valence-corrected chi connectivity index (χ4v) is 9.93. The van der Waals surface area contributed by atoms with E-state index in [1.165, 1.54) is 0 Å². The van der Waals surface area contributed by atoms with Gasteiger partial charge >= 0.3 is 0 Å². The fourth-order valence-electron chi connectivity index (χ4n) is 9.93. The molecule has 5 aliphatic heterocycles. The minimum absolute atomic E-state index is 0.0257. The first-order valence-electron chi connectivity index (χ1n) is 21.4. The van der Waals surface area contributed by atoms with Crippen LogP contribution >= 0.6 is 0 Å². The van der Waals surface area contributed by atoms with E-state index in [0.717, 1.165) is 92.4 Å². The zero-order valence-electron chi connectivity index (χ0n) is 34.4. The minimum atomic E-state index is -0.600. The van der Waals surface area contributed by atoms with E-state index in [9.17, 15) is 19.2 Å². The molecule has 14 nitrogen and oxygen atoms in total. The number of rotatable bonds is 8. The summed E-state index contributed by atoms with van der Waals surface area (Å²) in [5.41, 5.74) is 5.94. The van der Waals surface area contributed by atoms with Crippen LogP contribution in [0, 0.1) is 12.5 Å². The summed E-state index contributed by atoms with van der Waals surface area (Å²) in [6, 6.07) is 17.5. The zero-order valence-corrected chi connectivity index (χ0v) is 34.4. The number of nitrogens with one attached hydrogen (secondary N) is 1. The number of hydrogen-bond acceptors (Lipinski definition) is 10. The molecule has 0 bridgehead atoms. The van der Waals surface area contributed by atoms with Crippen LogP contribution in [0.1, 0.15) is 61.0 Å². The lowest BCUT2D eigenvalue weighted by atomic mass is 9.95. The molecule has 4 aromatic rings. The van der Waals surface area contributed by atoms with Crippen LogP contribution in [0.25, 0.3) is 15.7 Å². The van der Waals surface area contributed by atoms with Crippen LogP contribution in [-0.2, 0) is 27.3 Å². The molecule has 0 radical (unpaired) electrons. The van der Waals surface area contributed by atoms with E-state index in [1.54, 1.807) is 11.1 Å². The van der Waals surface area contributed by atoms with Crippen molar-refractivity contribution in [1.29, 1.82) is 0 Å². The van der Waals surface area contributed by atoms with Crippen LogP contribution in [-0.4, -0.2) is 125 Å². The number of carbonyl (C=O) groups is 4. The molecule has 0 unspecified atom stereocenters. The number of amides is 4. The zero-order chi connectivity index (χ0) is 41.5. The van der Waals surface area contributed by atoms with E-state index in [1.807, 2.05) is 47.5 Å². The molecule has 2 aromatic carbocycles. The highest BCUT2D eigenvalue weighted by Gasteiger charge is 2.39. The number of anilines is 3. The topological polar surface area (TPSA) is 130 Å². The van der Waals surface area contributed by atoms with Crippen molar-refractivity contribution in [1.82, 2.24) is 30.0 Å². The molecule has 5 aliphatic rings. The van der Waals surface area contributed by atoms with Crippen LogP contribution in [0.2, 0.25) is 0 Å². The minimum Gasteiger partial charge on any atom is -0.369 e. The third-order valence-corrected chi connectivity index (χ3v) is 13.3. The van der Waals surface area contributed by atoms with Gasteiger partial charge < -0.3 is 24.5 Å². The Kier molecular flexibility index (Phi) is 10.9. The summed E-state index contributed by atoms with van der Waals surface area (Å²) in [7, 11) is 0. The number of hydrogen-bond donors (Lipinski definition) is 1. The summed E-state index contributed by atoms with van der Waals surface area (Å²) >= 11 is 0. The van der Waals surface area contributed by atoms with Crippen molar-refractivity contribution in [3.8, 4) is 0 Å². The second kappa shape index (κ2) is 16.5. The predicted octanol–water partition coefficient (Wildman–Crippen LogP) is 4.65. The van der Waals surface area contributed by atoms with Crippen molar-refractivity contribution >= 4 is 57.4 Å². The molecular formula is C46H52N10O4. The van der Waals surface area contributed by atoms with Gasteiger partial charge in [-0.2, -0.15) is 0 Å². The van der Waals surface area contributed by atoms with Crippen LogP contribution in [0.15, 0.2) is 67.0 Å². The van der Waals surface area contributed by atoms with Crippen molar-refractivity contribution in [3.63, 3.8) is 0 Å². The average Bonchev–Trinajstić information content (AvgIpc) is 3.59.